The van der Waals surface area contributed by atoms with Crippen LogP contribution in [0.1, 0.15) is 21.7 Å². The van der Waals surface area contributed by atoms with Gasteiger partial charge in [-0.05, 0) is 31.2 Å². The minimum Gasteiger partial charge on any atom is -0.295 e. The van der Waals surface area contributed by atoms with Crippen LogP contribution in [0.25, 0.3) is 5.65 Å². The highest BCUT2D eigenvalue weighted by Crippen LogP contribution is 2.19. The summed E-state index contributed by atoms with van der Waals surface area (Å²) in [5.41, 5.74) is 4.93. The molecule has 2 aromatic heterocycles. The summed E-state index contributed by atoms with van der Waals surface area (Å²) in [6, 6.07) is 10.6. The lowest BCUT2D eigenvalue weighted by Gasteiger charge is -2.02. The van der Waals surface area contributed by atoms with E-state index >= 15 is 0 Å². The molecule has 1 amide bonds. The molecular formula is C16H12Cl2N4O. The molecule has 0 radical (unpaired) electrons. The van der Waals surface area contributed by atoms with E-state index in [9.17, 15) is 4.79 Å². The molecule has 0 saturated heterocycles. The fraction of sp³-hybridized carbons (Fsp3) is 0.0625. The number of halogens is 2. The van der Waals surface area contributed by atoms with Crippen LogP contribution in [0.4, 0.5) is 0 Å². The summed E-state index contributed by atoms with van der Waals surface area (Å²) in [7, 11) is 0. The maximum atomic E-state index is 12.3. The van der Waals surface area contributed by atoms with E-state index in [1.54, 1.807) is 35.7 Å². The zero-order chi connectivity index (χ0) is 16.4. The third-order valence-electron chi connectivity index (χ3n) is 3.25. The van der Waals surface area contributed by atoms with Crippen LogP contribution in [0.3, 0.4) is 0 Å². The van der Waals surface area contributed by atoms with Crippen LogP contribution in [0.2, 0.25) is 10.0 Å². The van der Waals surface area contributed by atoms with Gasteiger partial charge in [-0.15, -0.1) is 0 Å². The van der Waals surface area contributed by atoms with Crippen molar-refractivity contribution in [3.8, 4) is 0 Å². The topological polar surface area (TPSA) is 58.8 Å². The zero-order valence-electron chi connectivity index (χ0n) is 12.1. The van der Waals surface area contributed by atoms with Crippen LogP contribution >= 0.6 is 23.2 Å². The fourth-order valence-electron chi connectivity index (χ4n) is 2.21. The van der Waals surface area contributed by atoms with Crippen molar-refractivity contribution in [2.24, 2.45) is 5.10 Å². The third-order valence-corrected chi connectivity index (χ3v) is 3.81. The van der Waals surface area contributed by atoms with E-state index in [1.165, 1.54) is 6.21 Å². The summed E-state index contributed by atoms with van der Waals surface area (Å²) in [5, 5.41) is 4.94. The normalized spacial score (nSPS) is 11.3. The van der Waals surface area contributed by atoms with E-state index in [2.05, 4.69) is 15.5 Å². The number of hydrogen-bond acceptors (Lipinski definition) is 3. The van der Waals surface area contributed by atoms with Gasteiger partial charge in [0.05, 0.1) is 16.9 Å². The first-order chi connectivity index (χ1) is 11.1. The number of hydrogen-bond donors (Lipinski definition) is 1. The summed E-state index contributed by atoms with van der Waals surface area (Å²) in [4.78, 5) is 16.7. The Kier molecular flexibility index (Phi) is 4.32. The highest BCUT2D eigenvalue weighted by molar-refractivity contribution is 6.36. The van der Waals surface area contributed by atoms with E-state index < -0.39 is 0 Å². The second-order valence-electron chi connectivity index (χ2n) is 4.84. The Morgan fingerprint density at radius 1 is 1.30 bits per heavy atom. The van der Waals surface area contributed by atoms with Crippen LogP contribution < -0.4 is 5.43 Å². The van der Waals surface area contributed by atoms with Gasteiger partial charge in [-0.25, -0.2) is 10.4 Å². The molecule has 0 saturated carbocycles. The molecule has 0 fully saturated rings. The number of nitrogens with zero attached hydrogens (tertiary/aromatic N) is 3. The molecule has 3 aromatic rings. The van der Waals surface area contributed by atoms with Crippen molar-refractivity contribution in [3.63, 3.8) is 0 Å². The average Bonchev–Trinajstić information content (AvgIpc) is 2.85. The first-order valence-electron chi connectivity index (χ1n) is 6.78. The molecule has 0 spiro atoms. The third kappa shape index (κ3) is 3.21. The lowest BCUT2D eigenvalue weighted by molar-refractivity contribution is 0.0948. The summed E-state index contributed by atoms with van der Waals surface area (Å²) >= 11 is 11.9. The zero-order valence-corrected chi connectivity index (χ0v) is 13.6. The van der Waals surface area contributed by atoms with E-state index in [1.807, 2.05) is 18.2 Å². The molecule has 2 heterocycles. The van der Waals surface area contributed by atoms with Crippen molar-refractivity contribution >= 4 is 41.0 Å². The summed E-state index contributed by atoms with van der Waals surface area (Å²) < 4.78 is 1.72. The molecule has 0 aliphatic carbocycles. The summed E-state index contributed by atoms with van der Waals surface area (Å²) in [5.74, 6) is -0.345. The second-order valence-corrected chi connectivity index (χ2v) is 5.68. The molecule has 3 rings (SSSR count). The summed E-state index contributed by atoms with van der Waals surface area (Å²) in [6.07, 6.45) is 3.25. The van der Waals surface area contributed by atoms with Crippen LogP contribution in [0, 0.1) is 6.92 Å². The molecule has 23 heavy (non-hydrogen) atoms. The van der Waals surface area contributed by atoms with Gasteiger partial charge in [-0.1, -0.05) is 35.3 Å². The SMILES string of the molecule is Cc1nc2ccccn2c1C(=O)N/N=C/c1ccc(Cl)cc1Cl. The number of pyridine rings is 1. The van der Waals surface area contributed by atoms with E-state index in [4.69, 9.17) is 23.2 Å². The van der Waals surface area contributed by atoms with Gasteiger partial charge in [0.15, 0.2) is 0 Å². The quantitative estimate of drug-likeness (QED) is 0.580. The highest BCUT2D eigenvalue weighted by atomic mass is 35.5. The maximum absolute atomic E-state index is 12.3. The Morgan fingerprint density at radius 2 is 2.13 bits per heavy atom. The van der Waals surface area contributed by atoms with Gasteiger partial charge in [-0.3, -0.25) is 9.20 Å². The molecule has 116 valence electrons. The Balaban J connectivity index is 1.81. The lowest BCUT2D eigenvalue weighted by Crippen LogP contribution is -2.20. The van der Waals surface area contributed by atoms with Gasteiger partial charge in [0.25, 0.3) is 5.91 Å². The predicted molar refractivity (Wildman–Crippen MR) is 91.5 cm³/mol. The molecule has 0 aliphatic heterocycles. The number of amides is 1. The number of hydrazone groups is 1. The fourth-order valence-corrected chi connectivity index (χ4v) is 2.66. The first kappa shape index (κ1) is 15.5. The number of imidazole rings is 1. The molecule has 1 N–H and O–H groups in total. The number of aryl methyl sites for hydroxylation is 1. The number of aromatic nitrogens is 2. The Labute approximate surface area is 142 Å². The maximum Gasteiger partial charge on any atom is 0.290 e. The van der Waals surface area contributed by atoms with Crippen LogP contribution in [-0.4, -0.2) is 21.5 Å². The smallest absolute Gasteiger partial charge is 0.290 e. The van der Waals surface area contributed by atoms with Crippen LogP contribution in [0.15, 0.2) is 47.7 Å². The van der Waals surface area contributed by atoms with Crippen LogP contribution in [0.5, 0.6) is 0 Å². The van der Waals surface area contributed by atoms with E-state index in [-0.39, 0.29) is 5.91 Å². The molecule has 0 atom stereocenters. The minimum atomic E-state index is -0.345. The Bertz CT molecular complexity index is 918. The largest absolute Gasteiger partial charge is 0.295 e. The Hall–Kier alpha value is -2.37. The van der Waals surface area contributed by atoms with Crippen molar-refractivity contribution in [3.05, 3.63) is 69.6 Å². The monoisotopic (exact) mass is 346 g/mol. The van der Waals surface area contributed by atoms with Gasteiger partial charge in [-0.2, -0.15) is 5.10 Å². The van der Waals surface area contributed by atoms with E-state index in [0.717, 1.165) is 0 Å². The van der Waals surface area contributed by atoms with Crippen molar-refractivity contribution in [2.75, 3.05) is 0 Å². The molecule has 0 bridgehead atoms. The molecule has 1 aromatic carbocycles. The molecule has 7 heteroatoms. The number of fused-ring (bicyclic) bond motifs is 1. The molecule has 5 nitrogen and oxygen atoms in total. The Morgan fingerprint density at radius 3 is 2.91 bits per heavy atom. The second kappa shape index (κ2) is 6.40. The van der Waals surface area contributed by atoms with Gasteiger partial charge >= 0.3 is 0 Å². The van der Waals surface area contributed by atoms with Crippen molar-refractivity contribution in [1.82, 2.24) is 14.8 Å². The van der Waals surface area contributed by atoms with Crippen LogP contribution in [-0.2, 0) is 0 Å². The molecule has 0 unspecified atom stereocenters. The molecule has 0 aliphatic rings. The summed E-state index contributed by atoms with van der Waals surface area (Å²) in [6.45, 7) is 1.78. The number of benzene rings is 1. The average molecular weight is 347 g/mol. The molecular weight excluding hydrogens is 335 g/mol. The number of carbonyl (C=O) groups excluding carboxylic acids is 1. The number of carbonyl (C=O) groups is 1. The first-order valence-corrected chi connectivity index (χ1v) is 7.54. The van der Waals surface area contributed by atoms with Crippen molar-refractivity contribution in [2.45, 2.75) is 6.92 Å². The van der Waals surface area contributed by atoms with Gasteiger partial charge in [0, 0.05) is 16.8 Å². The standard InChI is InChI=1S/C16H12Cl2N4O/c1-10-15(22-7-3-2-4-14(22)20-10)16(23)21-19-9-11-5-6-12(17)8-13(11)18/h2-9H,1H3,(H,21,23)/b19-9+. The van der Waals surface area contributed by atoms with Crippen molar-refractivity contribution < 1.29 is 4.79 Å². The highest BCUT2D eigenvalue weighted by Gasteiger charge is 2.15. The number of nitrogens with one attached hydrogen (secondary N) is 1. The van der Waals surface area contributed by atoms with Gasteiger partial charge in [0.2, 0.25) is 0 Å². The lowest BCUT2D eigenvalue weighted by atomic mass is 10.2. The van der Waals surface area contributed by atoms with E-state index in [0.29, 0.717) is 32.6 Å². The van der Waals surface area contributed by atoms with Gasteiger partial charge < -0.3 is 0 Å². The minimum absolute atomic E-state index is 0.345. The number of rotatable bonds is 3. The van der Waals surface area contributed by atoms with Crippen molar-refractivity contribution in [1.29, 1.82) is 0 Å². The predicted octanol–water partition coefficient (Wildman–Crippen LogP) is 3.71. The van der Waals surface area contributed by atoms with Gasteiger partial charge in [0.1, 0.15) is 11.3 Å².